The van der Waals surface area contributed by atoms with Crippen LogP contribution in [-0.4, -0.2) is 17.9 Å². The largest absolute Gasteiger partial charge is 0.340 e. The molecule has 0 aliphatic heterocycles. The molecule has 5 heteroatoms. The van der Waals surface area contributed by atoms with Crippen LogP contribution in [0.25, 0.3) is 0 Å². The van der Waals surface area contributed by atoms with Crippen molar-refractivity contribution >= 4 is 17.5 Å². The number of halogens is 1. The summed E-state index contributed by atoms with van der Waals surface area (Å²) in [5.74, 6) is -1.19. The lowest BCUT2D eigenvalue weighted by molar-refractivity contribution is -0.118. The zero-order valence-electron chi connectivity index (χ0n) is 15.4. The molecule has 0 unspecified atom stereocenters. The van der Waals surface area contributed by atoms with E-state index in [1.165, 1.54) is 29.8 Å². The molecule has 138 valence electrons. The summed E-state index contributed by atoms with van der Waals surface area (Å²) in [6, 6.07) is 12.2. The van der Waals surface area contributed by atoms with Gasteiger partial charge in [-0.1, -0.05) is 39.3 Å². The van der Waals surface area contributed by atoms with Gasteiger partial charge < -0.3 is 10.6 Å². The highest BCUT2D eigenvalue weighted by molar-refractivity contribution is 6.01. The van der Waals surface area contributed by atoms with Gasteiger partial charge in [-0.15, -0.1) is 0 Å². The van der Waals surface area contributed by atoms with Crippen molar-refractivity contribution in [3.8, 4) is 0 Å². The van der Waals surface area contributed by atoms with Gasteiger partial charge in [0.1, 0.15) is 11.9 Å². The molecule has 0 fully saturated rings. The Hall–Kier alpha value is -2.69. The summed E-state index contributed by atoms with van der Waals surface area (Å²) in [5, 5.41) is 5.58. The van der Waals surface area contributed by atoms with E-state index in [0.29, 0.717) is 11.3 Å². The topological polar surface area (TPSA) is 58.2 Å². The third-order valence-corrected chi connectivity index (χ3v) is 4.10. The minimum Gasteiger partial charge on any atom is -0.340 e. The number of hydrogen-bond acceptors (Lipinski definition) is 2. The normalized spacial score (nSPS) is 11.9. The van der Waals surface area contributed by atoms with E-state index < -0.39 is 17.8 Å². The van der Waals surface area contributed by atoms with Crippen LogP contribution in [0.5, 0.6) is 0 Å². The molecule has 2 amide bonds. The van der Waals surface area contributed by atoms with Crippen LogP contribution in [0, 0.1) is 11.7 Å². The second kappa shape index (κ2) is 9.13. The monoisotopic (exact) mass is 356 g/mol. The average Bonchev–Trinajstić information content (AvgIpc) is 2.61. The second-order valence-electron chi connectivity index (χ2n) is 6.64. The highest BCUT2D eigenvalue weighted by Crippen LogP contribution is 2.13. The lowest BCUT2D eigenvalue weighted by atomic mass is 10.0. The lowest BCUT2D eigenvalue weighted by Crippen LogP contribution is -2.47. The summed E-state index contributed by atoms with van der Waals surface area (Å²) in [7, 11) is 0. The molecule has 0 aliphatic rings. The molecule has 2 N–H and O–H groups in total. The Labute approximate surface area is 153 Å². The summed E-state index contributed by atoms with van der Waals surface area (Å²) in [5.41, 5.74) is 2.22. The summed E-state index contributed by atoms with van der Waals surface area (Å²) in [4.78, 5) is 24.9. The van der Waals surface area contributed by atoms with Gasteiger partial charge in [0.15, 0.2) is 0 Å². The summed E-state index contributed by atoms with van der Waals surface area (Å²) < 4.78 is 13.0. The van der Waals surface area contributed by atoms with Gasteiger partial charge in [-0.3, -0.25) is 9.59 Å². The maximum Gasteiger partial charge on any atom is 0.251 e. The van der Waals surface area contributed by atoms with E-state index in [2.05, 4.69) is 17.6 Å². The molecule has 2 aromatic rings. The van der Waals surface area contributed by atoms with Crippen LogP contribution in [0.2, 0.25) is 0 Å². The Morgan fingerprint density at radius 2 is 1.62 bits per heavy atom. The molecule has 4 nitrogen and oxygen atoms in total. The molecule has 26 heavy (non-hydrogen) atoms. The van der Waals surface area contributed by atoms with E-state index in [1.54, 1.807) is 0 Å². The first-order chi connectivity index (χ1) is 12.4. The first-order valence-electron chi connectivity index (χ1n) is 8.87. The van der Waals surface area contributed by atoms with Gasteiger partial charge in [-0.05, 0) is 54.3 Å². The van der Waals surface area contributed by atoms with Crippen LogP contribution < -0.4 is 10.6 Å². The van der Waals surface area contributed by atoms with Crippen molar-refractivity contribution in [3.63, 3.8) is 0 Å². The Bertz CT molecular complexity index is 740. The molecule has 0 aliphatic carbocycles. The maximum absolute atomic E-state index is 13.0. The molecule has 0 saturated heterocycles. The quantitative estimate of drug-likeness (QED) is 0.782. The molecular formula is C21H25FN2O2. The Balaban J connectivity index is 2.04. The van der Waals surface area contributed by atoms with Crippen molar-refractivity contribution in [2.45, 2.75) is 39.7 Å². The average molecular weight is 356 g/mol. The van der Waals surface area contributed by atoms with Gasteiger partial charge in [0.2, 0.25) is 5.91 Å². The molecule has 0 heterocycles. The van der Waals surface area contributed by atoms with Crippen molar-refractivity contribution < 1.29 is 14.0 Å². The van der Waals surface area contributed by atoms with E-state index in [1.807, 2.05) is 38.1 Å². The van der Waals surface area contributed by atoms with E-state index in [-0.39, 0.29) is 11.8 Å². The minimum absolute atomic E-state index is 0.0984. The summed E-state index contributed by atoms with van der Waals surface area (Å²) in [6.07, 6.45) is 2.06. The number of carbonyl (C=O) groups excluding carboxylic acids is 2. The number of aryl methyl sites for hydroxylation is 1. The fourth-order valence-corrected chi connectivity index (χ4v) is 2.62. The number of hydrogen-bond donors (Lipinski definition) is 2. The van der Waals surface area contributed by atoms with E-state index in [4.69, 9.17) is 0 Å². The van der Waals surface area contributed by atoms with Crippen LogP contribution in [0.3, 0.4) is 0 Å². The van der Waals surface area contributed by atoms with Crippen molar-refractivity contribution in [1.29, 1.82) is 0 Å². The summed E-state index contributed by atoms with van der Waals surface area (Å²) in [6.45, 7) is 5.84. The first-order valence-corrected chi connectivity index (χ1v) is 8.87. The molecular weight excluding hydrogens is 331 g/mol. The molecule has 0 radical (unpaired) electrons. The zero-order valence-corrected chi connectivity index (χ0v) is 15.4. The van der Waals surface area contributed by atoms with Crippen LogP contribution >= 0.6 is 0 Å². The van der Waals surface area contributed by atoms with Gasteiger partial charge in [-0.2, -0.15) is 0 Å². The van der Waals surface area contributed by atoms with Crippen molar-refractivity contribution in [2.24, 2.45) is 5.92 Å². The number of nitrogens with one attached hydrogen (secondary N) is 2. The lowest BCUT2D eigenvalue weighted by Gasteiger charge is -2.22. The third kappa shape index (κ3) is 5.41. The van der Waals surface area contributed by atoms with Gasteiger partial charge in [0, 0.05) is 11.3 Å². The third-order valence-electron chi connectivity index (χ3n) is 4.10. The number of anilines is 1. The molecule has 2 rings (SSSR count). The smallest absolute Gasteiger partial charge is 0.251 e. The minimum atomic E-state index is -0.692. The van der Waals surface area contributed by atoms with Crippen LogP contribution in [-0.2, 0) is 11.2 Å². The number of carbonyl (C=O) groups is 2. The van der Waals surface area contributed by atoms with Gasteiger partial charge >= 0.3 is 0 Å². The summed E-state index contributed by atoms with van der Waals surface area (Å²) >= 11 is 0. The van der Waals surface area contributed by atoms with E-state index in [0.717, 1.165) is 12.8 Å². The molecule has 0 bridgehead atoms. The Morgan fingerprint density at radius 1 is 1.00 bits per heavy atom. The van der Waals surface area contributed by atoms with Crippen molar-refractivity contribution in [3.05, 3.63) is 65.5 Å². The SMILES string of the molecule is CCCc1ccc(NC(=O)[C@@H](NC(=O)c2ccc(F)cc2)C(C)C)cc1. The molecule has 1 atom stereocenters. The van der Waals surface area contributed by atoms with Gasteiger partial charge in [-0.25, -0.2) is 4.39 Å². The van der Waals surface area contributed by atoms with Crippen molar-refractivity contribution in [2.75, 3.05) is 5.32 Å². The van der Waals surface area contributed by atoms with Crippen molar-refractivity contribution in [1.82, 2.24) is 5.32 Å². The van der Waals surface area contributed by atoms with Crippen LogP contribution in [0.1, 0.15) is 43.1 Å². The first kappa shape index (κ1) is 19.6. The highest BCUT2D eigenvalue weighted by atomic mass is 19.1. The fourth-order valence-electron chi connectivity index (χ4n) is 2.62. The van der Waals surface area contributed by atoms with E-state index in [9.17, 15) is 14.0 Å². The zero-order chi connectivity index (χ0) is 19.1. The van der Waals surface area contributed by atoms with Crippen LogP contribution in [0.15, 0.2) is 48.5 Å². The molecule has 0 saturated carbocycles. The number of amides is 2. The second-order valence-corrected chi connectivity index (χ2v) is 6.64. The van der Waals surface area contributed by atoms with E-state index >= 15 is 0 Å². The Morgan fingerprint density at radius 3 is 2.15 bits per heavy atom. The predicted octanol–water partition coefficient (Wildman–Crippen LogP) is 4.17. The highest BCUT2D eigenvalue weighted by Gasteiger charge is 2.24. The maximum atomic E-state index is 13.0. The molecule has 0 aromatic heterocycles. The van der Waals surface area contributed by atoms with Gasteiger partial charge in [0.25, 0.3) is 5.91 Å². The number of benzene rings is 2. The number of rotatable bonds is 7. The molecule has 2 aromatic carbocycles. The molecule has 0 spiro atoms. The fraction of sp³-hybridized carbons (Fsp3) is 0.333. The Kier molecular flexibility index (Phi) is 6.89. The van der Waals surface area contributed by atoms with Gasteiger partial charge in [0.05, 0.1) is 0 Å². The predicted molar refractivity (Wildman–Crippen MR) is 102 cm³/mol. The van der Waals surface area contributed by atoms with Crippen LogP contribution in [0.4, 0.5) is 10.1 Å². The standard InChI is InChI=1S/C21H25FN2O2/c1-4-5-15-6-12-18(13-7-15)23-21(26)19(14(2)3)24-20(25)16-8-10-17(22)11-9-16/h6-14,19H,4-5H2,1-3H3,(H,23,26)(H,24,25)/t19-/m0/s1.